The van der Waals surface area contributed by atoms with Gasteiger partial charge in [0.1, 0.15) is 5.82 Å². The molecule has 0 spiro atoms. The van der Waals surface area contributed by atoms with Crippen LogP contribution in [0.25, 0.3) is 11.0 Å². The summed E-state index contributed by atoms with van der Waals surface area (Å²) >= 11 is 3.24. The number of aromatic amines is 1. The van der Waals surface area contributed by atoms with E-state index in [0.717, 1.165) is 49.6 Å². The second-order valence-corrected chi connectivity index (χ2v) is 6.84. The highest BCUT2D eigenvalue weighted by molar-refractivity contribution is 9.10. The van der Waals surface area contributed by atoms with Crippen molar-refractivity contribution in [3.63, 3.8) is 0 Å². The van der Waals surface area contributed by atoms with E-state index in [1.165, 1.54) is 6.07 Å². The molecule has 0 aliphatic carbocycles. The fourth-order valence-electron chi connectivity index (χ4n) is 3.05. The molecule has 1 aliphatic heterocycles. The van der Waals surface area contributed by atoms with E-state index < -0.39 is 0 Å². The standard InChI is InChI=1S/C17H17BrFN5/c18-12-9-13(19)17(20-10-12)24-7-5-23(6-8-24)11-16-21-14-3-1-2-4-15(14)22-16/h1-4,9-10H,5-8,11H2,(H,21,22). The number of nitrogens with zero attached hydrogens (tertiary/aromatic N) is 4. The van der Waals surface area contributed by atoms with Gasteiger partial charge in [0.15, 0.2) is 11.6 Å². The maximum absolute atomic E-state index is 14.0. The van der Waals surface area contributed by atoms with Crippen molar-refractivity contribution >= 4 is 32.8 Å². The number of nitrogens with one attached hydrogen (secondary N) is 1. The predicted octanol–water partition coefficient (Wildman–Crippen LogP) is 3.18. The number of benzene rings is 1. The van der Waals surface area contributed by atoms with Gasteiger partial charge in [-0.1, -0.05) is 12.1 Å². The molecule has 0 saturated carbocycles. The van der Waals surface area contributed by atoms with Gasteiger partial charge in [0.2, 0.25) is 0 Å². The summed E-state index contributed by atoms with van der Waals surface area (Å²) in [4.78, 5) is 16.5. The van der Waals surface area contributed by atoms with Gasteiger partial charge >= 0.3 is 0 Å². The highest BCUT2D eigenvalue weighted by atomic mass is 79.9. The molecule has 1 saturated heterocycles. The summed E-state index contributed by atoms with van der Waals surface area (Å²) in [5.41, 5.74) is 2.06. The van der Waals surface area contributed by atoms with Gasteiger partial charge in [-0.05, 0) is 34.1 Å². The van der Waals surface area contributed by atoms with Gasteiger partial charge in [0.05, 0.1) is 17.6 Å². The first kappa shape index (κ1) is 15.5. The number of piperazine rings is 1. The fourth-order valence-corrected chi connectivity index (χ4v) is 3.35. The highest BCUT2D eigenvalue weighted by Crippen LogP contribution is 2.21. The van der Waals surface area contributed by atoms with Crippen LogP contribution in [-0.2, 0) is 6.54 Å². The Kier molecular flexibility index (Phi) is 4.20. The molecule has 3 heterocycles. The fraction of sp³-hybridized carbons (Fsp3) is 0.294. The van der Waals surface area contributed by atoms with Gasteiger partial charge in [0.25, 0.3) is 0 Å². The van der Waals surface area contributed by atoms with Crippen molar-refractivity contribution < 1.29 is 4.39 Å². The van der Waals surface area contributed by atoms with E-state index in [2.05, 4.69) is 35.8 Å². The number of imidazole rings is 1. The number of halogens is 2. The number of pyridine rings is 1. The second kappa shape index (κ2) is 6.49. The van der Waals surface area contributed by atoms with Crippen molar-refractivity contribution in [2.45, 2.75) is 6.54 Å². The molecule has 0 bridgehead atoms. The summed E-state index contributed by atoms with van der Waals surface area (Å²) in [6.07, 6.45) is 1.64. The Morgan fingerprint density at radius 3 is 2.71 bits per heavy atom. The van der Waals surface area contributed by atoms with Crippen LogP contribution in [-0.4, -0.2) is 46.0 Å². The highest BCUT2D eigenvalue weighted by Gasteiger charge is 2.21. The number of para-hydroxylation sites is 2. The number of hydrogen-bond donors (Lipinski definition) is 1. The molecule has 0 radical (unpaired) electrons. The normalized spacial score (nSPS) is 16.0. The molecule has 0 unspecified atom stereocenters. The van der Waals surface area contributed by atoms with E-state index in [9.17, 15) is 4.39 Å². The Labute approximate surface area is 147 Å². The molecule has 1 N–H and O–H groups in total. The minimum atomic E-state index is -0.282. The molecule has 1 fully saturated rings. The Morgan fingerprint density at radius 1 is 1.17 bits per heavy atom. The Balaban J connectivity index is 1.40. The second-order valence-electron chi connectivity index (χ2n) is 5.92. The molecule has 1 aromatic carbocycles. The van der Waals surface area contributed by atoms with Gasteiger partial charge < -0.3 is 9.88 Å². The van der Waals surface area contributed by atoms with Crippen molar-refractivity contribution in [1.29, 1.82) is 0 Å². The third-order valence-electron chi connectivity index (χ3n) is 4.27. The molecule has 4 rings (SSSR count). The molecular formula is C17H17BrFN5. The van der Waals surface area contributed by atoms with Crippen LogP contribution >= 0.6 is 15.9 Å². The van der Waals surface area contributed by atoms with Crippen LogP contribution in [0, 0.1) is 5.82 Å². The van der Waals surface area contributed by atoms with Gasteiger partial charge in [-0.25, -0.2) is 14.4 Å². The molecule has 24 heavy (non-hydrogen) atoms. The van der Waals surface area contributed by atoms with E-state index in [-0.39, 0.29) is 5.82 Å². The number of H-pyrrole nitrogens is 1. The Hall–Kier alpha value is -1.99. The molecule has 124 valence electrons. The van der Waals surface area contributed by atoms with E-state index in [4.69, 9.17) is 0 Å². The molecule has 3 aromatic rings. The first-order valence-electron chi connectivity index (χ1n) is 7.91. The lowest BCUT2D eigenvalue weighted by atomic mass is 10.3. The minimum absolute atomic E-state index is 0.282. The minimum Gasteiger partial charge on any atom is -0.352 e. The van der Waals surface area contributed by atoms with Crippen molar-refractivity contribution in [3.8, 4) is 0 Å². The zero-order valence-electron chi connectivity index (χ0n) is 13.0. The monoisotopic (exact) mass is 389 g/mol. The van der Waals surface area contributed by atoms with Crippen LogP contribution in [0.5, 0.6) is 0 Å². The Bertz CT molecular complexity index is 824. The molecule has 1 aliphatic rings. The SMILES string of the molecule is Fc1cc(Br)cnc1N1CCN(Cc2nc3ccccc3[nH]2)CC1. The summed E-state index contributed by atoms with van der Waals surface area (Å²) in [5.74, 6) is 1.12. The molecule has 2 aromatic heterocycles. The van der Waals surface area contributed by atoms with Crippen LogP contribution in [0.2, 0.25) is 0 Å². The maximum Gasteiger partial charge on any atom is 0.166 e. The van der Waals surface area contributed by atoms with Gasteiger partial charge in [-0.15, -0.1) is 0 Å². The van der Waals surface area contributed by atoms with Crippen molar-refractivity contribution in [2.75, 3.05) is 31.1 Å². The number of fused-ring (bicyclic) bond motifs is 1. The zero-order chi connectivity index (χ0) is 16.5. The largest absolute Gasteiger partial charge is 0.352 e. The predicted molar refractivity (Wildman–Crippen MR) is 95.5 cm³/mol. The summed E-state index contributed by atoms with van der Waals surface area (Å²) in [5, 5.41) is 0. The van der Waals surface area contributed by atoms with Crippen LogP contribution in [0.3, 0.4) is 0 Å². The Morgan fingerprint density at radius 2 is 1.96 bits per heavy atom. The molecular weight excluding hydrogens is 373 g/mol. The number of anilines is 1. The average Bonchev–Trinajstić information content (AvgIpc) is 2.98. The summed E-state index contributed by atoms with van der Waals surface area (Å²) in [6, 6.07) is 9.50. The van der Waals surface area contributed by atoms with Crippen LogP contribution in [0.15, 0.2) is 41.0 Å². The number of rotatable bonds is 3. The van der Waals surface area contributed by atoms with E-state index in [1.807, 2.05) is 29.2 Å². The third kappa shape index (κ3) is 3.14. The quantitative estimate of drug-likeness (QED) is 0.747. The zero-order valence-corrected chi connectivity index (χ0v) is 14.6. The van der Waals surface area contributed by atoms with E-state index >= 15 is 0 Å². The molecule has 5 nitrogen and oxygen atoms in total. The summed E-state index contributed by atoms with van der Waals surface area (Å²) in [7, 11) is 0. The van der Waals surface area contributed by atoms with Gasteiger partial charge in [-0.3, -0.25) is 4.90 Å². The van der Waals surface area contributed by atoms with Crippen molar-refractivity contribution in [1.82, 2.24) is 19.9 Å². The van der Waals surface area contributed by atoms with Gasteiger partial charge in [0, 0.05) is 36.8 Å². The van der Waals surface area contributed by atoms with E-state index in [0.29, 0.717) is 10.3 Å². The van der Waals surface area contributed by atoms with Crippen LogP contribution < -0.4 is 4.90 Å². The smallest absolute Gasteiger partial charge is 0.166 e. The maximum atomic E-state index is 14.0. The van der Waals surface area contributed by atoms with Crippen LogP contribution in [0.1, 0.15) is 5.82 Å². The number of hydrogen-bond acceptors (Lipinski definition) is 4. The third-order valence-corrected chi connectivity index (χ3v) is 4.71. The van der Waals surface area contributed by atoms with Crippen molar-refractivity contribution in [3.05, 3.63) is 52.6 Å². The average molecular weight is 390 g/mol. The topological polar surface area (TPSA) is 48.1 Å². The summed E-state index contributed by atoms with van der Waals surface area (Å²) < 4.78 is 14.7. The summed E-state index contributed by atoms with van der Waals surface area (Å²) in [6.45, 7) is 4.00. The molecule has 0 amide bonds. The van der Waals surface area contributed by atoms with Crippen molar-refractivity contribution in [2.24, 2.45) is 0 Å². The molecule has 7 heteroatoms. The van der Waals surface area contributed by atoms with Crippen LogP contribution in [0.4, 0.5) is 10.2 Å². The first-order chi connectivity index (χ1) is 11.7. The first-order valence-corrected chi connectivity index (χ1v) is 8.70. The molecule has 0 atom stereocenters. The lowest BCUT2D eigenvalue weighted by Crippen LogP contribution is -2.46. The lowest BCUT2D eigenvalue weighted by molar-refractivity contribution is 0.243. The number of aromatic nitrogens is 3. The lowest BCUT2D eigenvalue weighted by Gasteiger charge is -2.35. The van der Waals surface area contributed by atoms with Gasteiger partial charge in [-0.2, -0.15) is 0 Å². The van der Waals surface area contributed by atoms with E-state index in [1.54, 1.807) is 6.20 Å².